The molecule has 2 aromatic heterocycles. The lowest BCUT2D eigenvalue weighted by molar-refractivity contribution is 0.707. The van der Waals surface area contributed by atoms with Gasteiger partial charge in [0.05, 0.1) is 5.69 Å². The van der Waals surface area contributed by atoms with E-state index in [1.165, 1.54) is 16.9 Å². The molecule has 0 aromatic carbocycles. The lowest BCUT2D eigenvalue weighted by Gasteiger charge is -2.21. The van der Waals surface area contributed by atoms with Crippen molar-refractivity contribution in [1.82, 2.24) is 20.1 Å². The molecule has 0 radical (unpaired) electrons. The Hall–Kier alpha value is -1.88. The normalized spacial score (nSPS) is 10.9. The van der Waals surface area contributed by atoms with E-state index in [2.05, 4.69) is 53.3 Å². The SMILES string of the molecule is CCNCc1c(C)nn(C)c1N(C)CCc1ccncc1. The average molecular weight is 287 g/mol. The average Bonchev–Trinajstić information content (AvgIpc) is 2.77. The van der Waals surface area contributed by atoms with Crippen LogP contribution in [0.3, 0.4) is 0 Å². The first-order valence-corrected chi connectivity index (χ1v) is 7.46. The highest BCUT2D eigenvalue weighted by Gasteiger charge is 2.16. The number of hydrogen-bond acceptors (Lipinski definition) is 4. The third-order valence-electron chi connectivity index (χ3n) is 3.71. The lowest BCUT2D eigenvalue weighted by atomic mass is 10.2. The van der Waals surface area contributed by atoms with Crippen LogP contribution in [0.2, 0.25) is 0 Å². The van der Waals surface area contributed by atoms with Gasteiger partial charge in [-0.3, -0.25) is 9.67 Å². The first-order valence-electron chi connectivity index (χ1n) is 7.46. The van der Waals surface area contributed by atoms with Crippen molar-refractivity contribution in [3.8, 4) is 0 Å². The number of likely N-dealkylation sites (N-methyl/N-ethyl adjacent to an activating group) is 1. The molecule has 0 saturated carbocycles. The topological polar surface area (TPSA) is 46.0 Å². The molecule has 21 heavy (non-hydrogen) atoms. The molecule has 0 aliphatic rings. The summed E-state index contributed by atoms with van der Waals surface area (Å²) in [5.41, 5.74) is 3.70. The second-order valence-electron chi connectivity index (χ2n) is 5.32. The smallest absolute Gasteiger partial charge is 0.131 e. The molecular formula is C16H25N5. The number of aryl methyl sites for hydroxylation is 2. The third kappa shape index (κ3) is 3.82. The molecule has 0 unspecified atom stereocenters. The lowest BCUT2D eigenvalue weighted by Crippen LogP contribution is -2.25. The molecule has 0 aliphatic carbocycles. The highest BCUT2D eigenvalue weighted by molar-refractivity contribution is 5.49. The molecular weight excluding hydrogens is 262 g/mol. The van der Waals surface area contributed by atoms with Crippen molar-refractivity contribution in [3.63, 3.8) is 0 Å². The summed E-state index contributed by atoms with van der Waals surface area (Å²) in [6.45, 7) is 6.99. The van der Waals surface area contributed by atoms with E-state index in [0.717, 1.165) is 31.7 Å². The molecule has 0 aliphatic heterocycles. The minimum absolute atomic E-state index is 0.866. The largest absolute Gasteiger partial charge is 0.359 e. The van der Waals surface area contributed by atoms with E-state index in [-0.39, 0.29) is 0 Å². The van der Waals surface area contributed by atoms with Crippen LogP contribution in [-0.2, 0) is 20.0 Å². The van der Waals surface area contributed by atoms with Crippen molar-refractivity contribution >= 4 is 5.82 Å². The van der Waals surface area contributed by atoms with Crippen LogP contribution in [0.4, 0.5) is 5.82 Å². The predicted molar refractivity (Wildman–Crippen MR) is 86.5 cm³/mol. The van der Waals surface area contributed by atoms with Crippen molar-refractivity contribution in [1.29, 1.82) is 0 Å². The summed E-state index contributed by atoms with van der Waals surface area (Å²) in [6, 6.07) is 4.14. The van der Waals surface area contributed by atoms with Gasteiger partial charge in [-0.1, -0.05) is 6.92 Å². The molecule has 0 spiro atoms. The first-order chi connectivity index (χ1) is 10.1. The molecule has 0 fully saturated rings. The van der Waals surface area contributed by atoms with Gasteiger partial charge < -0.3 is 10.2 Å². The van der Waals surface area contributed by atoms with E-state index in [1.807, 2.05) is 24.1 Å². The van der Waals surface area contributed by atoms with Crippen molar-refractivity contribution in [2.24, 2.45) is 7.05 Å². The van der Waals surface area contributed by atoms with Gasteiger partial charge in [0.15, 0.2) is 0 Å². The maximum atomic E-state index is 4.56. The van der Waals surface area contributed by atoms with E-state index < -0.39 is 0 Å². The maximum Gasteiger partial charge on any atom is 0.131 e. The standard InChI is InChI=1S/C16H25N5/c1-5-17-12-15-13(2)19-21(4)16(15)20(3)11-8-14-6-9-18-10-7-14/h6-7,9-10,17H,5,8,11-12H2,1-4H3. The number of pyridine rings is 1. The van der Waals surface area contributed by atoms with Crippen LogP contribution in [0, 0.1) is 6.92 Å². The predicted octanol–water partition coefficient (Wildman–Crippen LogP) is 1.91. The zero-order chi connectivity index (χ0) is 15.2. The van der Waals surface area contributed by atoms with Gasteiger partial charge in [-0.05, 0) is 37.6 Å². The minimum Gasteiger partial charge on any atom is -0.359 e. The van der Waals surface area contributed by atoms with Gasteiger partial charge in [-0.25, -0.2) is 0 Å². The second-order valence-corrected chi connectivity index (χ2v) is 5.32. The molecule has 114 valence electrons. The fourth-order valence-electron chi connectivity index (χ4n) is 2.58. The molecule has 5 heteroatoms. The van der Waals surface area contributed by atoms with Gasteiger partial charge in [0, 0.05) is 45.1 Å². The van der Waals surface area contributed by atoms with E-state index in [1.54, 1.807) is 0 Å². The molecule has 0 amide bonds. The van der Waals surface area contributed by atoms with Crippen LogP contribution in [-0.4, -0.2) is 34.9 Å². The summed E-state index contributed by atoms with van der Waals surface area (Å²) in [5, 5.41) is 7.96. The van der Waals surface area contributed by atoms with Gasteiger partial charge in [0.2, 0.25) is 0 Å². The Morgan fingerprint density at radius 2 is 2.00 bits per heavy atom. The van der Waals surface area contributed by atoms with Crippen molar-refractivity contribution in [2.45, 2.75) is 26.8 Å². The highest BCUT2D eigenvalue weighted by atomic mass is 15.4. The number of anilines is 1. The second kappa shape index (κ2) is 7.22. The summed E-state index contributed by atoms with van der Waals surface area (Å²) >= 11 is 0. The third-order valence-corrected chi connectivity index (χ3v) is 3.71. The molecule has 0 atom stereocenters. The maximum absolute atomic E-state index is 4.56. The minimum atomic E-state index is 0.866. The molecule has 2 aromatic rings. The Kier molecular flexibility index (Phi) is 5.33. The number of nitrogens with one attached hydrogen (secondary N) is 1. The Morgan fingerprint density at radius 3 is 2.67 bits per heavy atom. The summed E-state index contributed by atoms with van der Waals surface area (Å²) in [6.07, 6.45) is 4.70. The van der Waals surface area contributed by atoms with Crippen LogP contribution < -0.4 is 10.2 Å². The zero-order valence-electron chi connectivity index (χ0n) is 13.4. The molecule has 2 heterocycles. The van der Waals surface area contributed by atoms with Crippen LogP contribution in [0.15, 0.2) is 24.5 Å². The van der Waals surface area contributed by atoms with E-state index >= 15 is 0 Å². The molecule has 2 rings (SSSR count). The summed E-state index contributed by atoms with van der Waals surface area (Å²) in [7, 11) is 4.15. The number of rotatable bonds is 7. The van der Waals surface area contributed by atoms with Gasteiger partial charge >= 0.3 is 0 Å². The van der Waals surface area contributed by atoms with E-state index in [4.69, 9.17) is 0 Å². The van der Waals surface area contributed by atoms with E-state index in [0.29, 0.717) is 0 Å². The van der Waals surface area contributed by atoms with Gasteiger partial charge in [0.1, 0.15) is 5.82 Å². The fourth-order valence-corrected chi connectivity index (χ4v) is 2.58. The molecule has 1 N–H and O–H groups in total. The fraction of sp³-hybridized carbons (Fsp3) is 0.500. The first kappa shape index (κ1) is 15.5. The Labute approximate surface area is 127 Å². The monoisotopic (exact) mass is 287 g/mol. The molecule has 0 saturated heterocycles. The Bertz CT molecular complexity index is 562. The number of hydrogen-bond donors (Lipinski definition) is 1. The van der Waals surface area contributed by atoms with E-state index in [9.17, 15) is 0 Å². The summed E-state index contributed by atoms with van der Waals surface area (Å²) < 4.78 is 1.98. The number of aromatic nitrogens is 3. The number of nitrogens with zero attached hydrogens (tertiary/aromatic N) is 4. The summed E-state index contributed by atoms with van der Waals surface area (Å²) in [5.74, 6) is 1.20. The Balaban J connectivity index is 2.09. The van der Waals surface area contributed by atoms with Crippen LogP contribution >= 0.6 is 0 Å². The molecule has 0 bridgehead atoms. The van der Waals surface area contributed by atoms with Crippen LogP contribution in [0.5, 0.6) is 0 Å². The summed E-state index contributed by atoms with van der Waals surface area (Å²) in [4.78, 5) is 6.34. The van der Waals surface area contributed by atoms with Crippen molar-refractivity contribution < 1.29 is 0 Å². The Morgan fingerprint density at radius 1 is 1.29 bits per heavy atom. The van der Waals surface area contributed by atoms with Crippen LogP contribution in [0.1, 0.15) is 23.7 Å². The van der Waals surface area contributed by atoms with Crippen molar-refractivity contribution in [2.75, 3.05) is 25.0 Å². The highest BCUT2D eigenvalue weighted by Crippen LogP contribution is 2.22. The van der Waals surface area contributed by atoms with Gasteiger partial charge in [-0.15, -0.1) is 0 Å². The van der Waals surface area contributed by atoms with Crippen molar-refractivity contribution in [3.05, 3.63) is 41.3 Å². The molecule has 5 nitrogen and oxygen atoms in total. The van der Waals surface area contributed by atoms with Gasteiger partial charge in [0.25, 0.3) is 0 Å². The quantitative estimate of drug-likeness (QED) is 0.845. The van der Waals surface area contributed by atoms with Crippen LogP contribution in [0.25, 0.3) is 0 Å². The van der Waals surface area contributed by atoms with Gasteiger partial charge in [-0.2, -0.15) is 5.10 Å². The zero-order valence-corrected chi connectivity index (χ0v) is 13.4.